The molecule has 0 saturated carbocycles. The smallest absolute Gasteiger partial charge is 0.164 e. The molecular formula is C11H15NO3. The number of hydrogen-bond acceptors (Lipinski definition) is 4. The summed E-state index contributed by atoms with van der Waals surface area (Å²) in [7, 11) is 3.25. The molecule has 1 aliphatic rings. The molecule has 1 aromatic rings. The SMILES string of the molecule is COc1cc2c(cc1OC)OCCCN2. The highest BCUT2D eigenvalue weighted by atomic mass is 16.5. The van der Waals surface area contributed by atoms with Crippen LogP contribution < -0.4 is 19.5 Å². The Kier molecular flexibility index (Phi) is 2.85. The minimum absolute atomic E-state index is 0.694. The summed E-state index contributed by atoms with van der Waals surface area (Å²) in [5, 5.41) is 3.29. The van der Waals surface area contributed by atoms with Crippen molar-refractivity contribution in [2.75, 3.05) is 32.7 Å². The van der Waals surface area contributed by atoms with E-state index in [2.05, 4.69) is 5.32 Å². The van der Waals surface area contributed by atoms with Crippen LogP contribution in [0.4, 0.5) is 5.69 Å². The number of fused-ring (bicyclic) bond motifs is 1. The summed E-state index contributed by atoms with van der Waals surface area (Å²) in [6, 6.07) is 3.76. The number of anilines is 1. The molecule has 0 saturated heterocycles. The number of benzene rings is 1. The Labute approximate surface area is 89.1 Å². The fourth-order valence-corrected chi connectivity index (χ4v) is 1.60. The second-order valence-corrected chi connectivity index (χ2v) is 3.33. The Morgan fingerprint density at radius 3 is 2.67 bits per heavy atom. The van der Waals surface area contributed by atoms with E-state index in [0.29, 0.717) is 11.5 Å². The Balaban J connectivity index is 2.41. The standard InChI is InChI=1S/C11H15NO3/c1-13-10-6-8-9(7-11(10)14-2)15-5-3-4-12-8/h6-7,12H,3-5H2,1-2H3. The Bertz CT molecular complexity index is 319. The van der Waals surface area contributed by atoms with Gasteiger partial charge in [-0.15, -0.1) is 0 Å². The molecule has 1 heterocycles. The van der Waals surface area contributed by atoms with Crippen LogP contribution in [0.2, 0.25) is 0 Å². The van der Waals surface area contributed by atoms with Crippen LogP contribution in [0.15, 0.2) is 12.1 Å². The van der Waals surface area contributed by atoms with Crippen molar-refractivity contribution in [2.45, 2.75) is 6.42 Å². The molecule has 0 spiro atoms. The van der Waals surface area contributed by atoms with Crippen molar-refractivity contribution < 1.29 is 14.2 Å². The second-order valence-electron chi connectivity index (χ2n) is 3.33. The summed E-state index contributed by atoms with van der Waals surface area (Å²) in [4.78, 5) is 0. The van der Waals surface area contributed by atoms with E-state index in [4.69, 9.17) is 14.2 Å². The van der Waals surface area contributed by atoms with Crippen molar-refractivity contribution in [1.82, 2.24) is 0 Å². The van der Waals surface area contributed by atoms with Gasteiger partial charge in [-0.3, -0.25) is 0 Å². The lowest BCUT2D eigenvalue weighted by atomic mass is 10.2. The average Bonchev–Trinajstić information content (AvgIpc) is 2.51. The van der Waals surface area contributed by atoms with Crippen molar-refractivity contribution in [2.24, 2.45) is 0 Å². The van der Waals surface area contributed by atoms with Gasteiger partial charge in [0.05, 0.1) is 26.5 Å². The molecule has 4 nitrogen and oxygen atoms in total. The molecule has 82 valence electrons. The summed E-state index contributed by atoms with van der Waals surface area (Å²) < 4.78 is 16.0. The third-order valence-electron chi connectivity index (χ3n) is 2.38. The predicted octanol–water partition coefficient (Wildman–Crippen LogP) is 1.90. The number of rotatable bonds is 2. The number of hydrogen-bond donors (Lipinski definition) is 1. The molecule has 0 amide bonds. The topological polar surface area (TPSA) is 39.7 Å². The molecule has 1 N–H and O–H groups in total. The molecule has 2 rings (SSSR count). The highest BCUT2D eigenvalue weighted by Crippen LogP contribution is 2.38. The Morgan fingerprint density at radius 1 is 1.20 bits per heavy atom. The Hall–Kier alpha value is -1.58. The van der Waals surface area contributed by atoms with Gasteiger partial charge in [0.1, 0.15) is 5.75 Å². The van der Waals surface area contributed by atoms with Crippen LogP contribution in [0.5, 0.6) is 17.2 Å². The molecular weight excluding hydrogens is 194 g/mol. The van der Waals surface area contributed by atoms with E-state index in [9.17, 15) is 0 Å². The van der Waals surface area contributed by atoms with E-state index in [1.54, 1.807) is 14.2 Å². The number of methoxy groups -OCH3 is 2. The summed E-state index contributed by atoms with van der Waals surface area (Å²) in [6.07, 6.45) is 0.999. The van der Waals surface area contributed by atoms with Crippen LogP contribution >= 0.6 is 0 Å². The van der Waals surface area contributed by atoms with Gasteiger partial charge in [0.2, 0.25) is 0 Å². The minimum Gasteiger partial charge on any atom is -0.493 e. The van der Waals surface area contributed by atoms with E-state index >= 15 is 0 Å². The van der Waals surface area contributed by atoms with Gasteiger partial charge in [0.15, 0.2) is 11.5 Å². The van der Waals surface area contributed by atoms with Gasteiger partial charge in [-0.25, -0.2) is 0 Å². The van der Waals surface area contributed by atoms with Crippen LogP contribution in [0.1, 0.15) is 6.42 Å². The molecule has 0 unspecified atom stereocenters. The van der Waals surface area contributed by atoms with Crippen molar-refractivity contribution >= 4 is 5.69 Å². The van der Waals surface area contributed by atoms with E-state index in [1.165, 1.54) is 0 Å². The minimum atomic E-state index is 0.694. The zero-order valence-electron chi connectivity index (χ0n) is 9.00. The zero-order valence-corrected chi connectivity index (χ0v) is 9.00. The molecule has 0 fully saturated rings. The molecule has 15 heavy (non-hydrogen) atoms. The molecule has 4 heteroatoms. The van der Waals surface area contributed by atoms with E-state index in [-0.39, 0.29) is 0 Å². The first-order chi connectivity index (χ1) is 7.35. The van der Waals surface area contributed by atoms with Gasteiger partial charge in [0.25, 0.3) is 0 Å². The van der Waals surface area contributed by atoms with E-state index in [0.717, 1.165) is 31.0 Å². The van der Waals surface area contributed by atoms with Crippen molar-refractivity contribution in [1.29, 1.82) is 0 Å². The molecule has 0 aromatic heterocycles. The van der Waals surface area contributed by atoms with Crippen LogP contribution in [-0.2, 0) is 0 Å². The average molecular weight is 209 g/mol. The summed E-state index contributed by atoms with van der Waals surface area (Å²) in [5.74, 6) is 2.24. The lowest BCUT2D eigenvalue weighted by molar-refractivity contribution is 0.316. The first-order valence-corrected chi connectivity index (χ1v) is 4.98. The van der Waals surface area contributed by atoms with Crippen LogP contribution in [0.3, 0.4) is 0 Å². The fraction of sp³-hybridized carbons (Fsp3) is 0.455. The third-order valence-corrected chi connectivity index (χ3v) is 2.38. The maximum atomic E-state index is 5.59. The molecule has 1 aliphatic heterocycles. The highest BCUT2D eigenvalue weighted by molar-refractivity contribution is 5.64. The largest absolute Gasteiger partial charge is 0.493 e. The quantitative estimate of drug-likeness (QED) is 0.807. The van der Waals surface area contributed by atoms with Gasteiger partial charge in [-0.1, -0.05) is 0 Å². The Morgan fingerprint density at radius 2 is 1.93 bits per heavy atom. The van der Waals surface area contributed by atoms with Crippen LogP contribution in [0.25, 0.3) is 0 Å². The van der Waals surface area contributed by atoms with Crippen molar-refractivity contribution in [3.63, 3.8) is 0 Å². The maximum Gasteiger partial charge on any atom is 0.164 e. The fourth-order valence-electron chi connectivity index (χ4n) is 1.60. The number of ether oxygens (including phenoxy) is 3. The molecule has 0 atom stereocenters. The molecule has 1 aromatic carbocycles. The second kappa shape index (κ2) is 4.29. The predicted molar refractivity (Wildman–Crippen MR) is 58.1 cm³/mol. The van der Waals surface area contributed by atoms with Crippen LogP contribution in [0, 0.1) is 0 Å². The van der Waals surface area contributed by atoms with Gasteiger partial charge >= 0.3 is 0 Å². The van der Waals surface area contributed by atoms with Crippen molar-refractivity contribution in [3.05, 3.63) is 12.1 Å². The maximum absolute atomic E-state index is 5.59. The van der Waals surface area contributed by atoms with Crippen molar-refractivity contribution in [3.8, 4) is 17.2 Å². The summed E-state index contributed by atoms with van der Waals surface area (Å²) >= 11 is 0. The van der Waals surface area contributed by atoms with E-state index in [1.807, 2.05) is 12.1 Å². The van der Waals surface area contributed by atoms with Gasteiger partial charge in [0, 0.05) is 18.7 Å². The monoisotopic (exact) mass is 209 g/mol. The first-order valence-electron chi connectivity index (χ1n) is 4.98. The summed E-state index contributed by atoms with van der Waals surface area (Å²) in [5.41, 5.74) is 0.963. The lowest BCUT2D eigenvalue weighted by Crippen LogP contribution is -2.00. The number of nitrogens with one attached hydrogen (secondary N) is 1. The zero-order chi connectivity index (χ0) is 10.7. The van der Waals surface area contributed by atoms with Gasteiger partial charge < -0.3 is 19.5 Å². The van der Waals surface area contributed by atoms with E-state index < -0.39 is 0 Å². The normalized spacial score (nSPS) is 14.3. The molecule has 0 aliphatic carbocycles. The van der Waals surface area contributed by atoms with Gasteiger partial charge in [-0.2, -0.15) is 0 Å². The third kappa shape index (κ3) is 1.93. The lowest BCUT2D eigenvalue weighted by Gasteiger charge is -2.13. The molecule has 0 radical (unpaired) electrons. The summed E-state index contributed by atoms with van der Waals surface area (Å²) in [6.45, 7) is 1.65. The van der Waals surface area contributed by atoms with Gasteiger partial charge in [-0.05, 0) is 6.42 Å². The first kappa shape index (κ1) is 9.96. The van der Waals surface area contributed by atoms with Crippen LogP contribution in [-0.4, -0.2) is 27.4 Å². The highest BCUT2D eigenvalue weighted by Gasteiger charge is 2.13. The molecule has 0 bridgehead atoms.